The van der Waals surface area contributed by atoms with E-state index in [0.29, 0.717) is 25.7 Å². The molecule has 1 aliphatic carbocycles. The molecule has 25 heavy (non-hydrogen) atoms. The first-order valence-corrected chi connectivity index (χ1v) is 7.97. The third-order valence-corrected chi connectivity index (χ3v) is 4.70. The number of rotatable bonds is 6. The maximum absolute atomic E-state index is 12.1. The molecule has 2 amide bonds. The number of Topliss-reactive ketones (excluding diaryl/α,β-unsaturated/α-hetero) is 1. The molecule has 1 atom stereocenters. The van der Waals surface area contributed by atoms with Gasteiger partial charge in [0.05, 0.1) is 12.8 Å². The zero-order valence-corrected chi connectivity index (χ0v) is 13.9. The molecule has 9 nitrogen and oxygen atoms in total. The molecule has 0 bridgehead atoms. The molecule has 1 aliphatic heterocycles. The SMILES string of the molecule is CC(=O)/C(C#N)=C(\N)CC(=O)NC1CC(=O)N1C1(C(=O)O)CCCC1. The number of carboxylic acid groups (broad SMARTS) is 1. The van der Waals surface area contributed by atoms with Crippen LogP contribution in [0.4, 0.5) is 0 Å². The minimum Gasteiger partial charge on any atom is -0.479 e. The number of hydrogen-bond acceptors (Lipinski definition) is 6. The number of nitrogens with two attached hydrogens (primary N) is 1. The number of ketones is 1. The Morgan fingerprint density at radius 2 is 2.00 bits per heavy atom. The van der Waals surface area contributed by atoms with E-state index in [-0.39, 0.29) is 30.0 Å². The molecule has 2 rings (SSSR count). The Hall–Kier alpha value is -2.89. The van der Waals surface area contributed by atoms with Crippen molar-refractivity contribution in [2.45, 2.75) is 57.2 Å². The van der Waals surface area contributed by atoms with Crippen LogP contribution in [0.5, 0.6) is 0 Å². The van der Waals surface area contributed by atoms with Gasteiger partial charge in [-0.05, 0) is 19.8 Å². The van der Waals surface area contributed by atoms with Crippen molar-refractivity contribution in [1.29, 1.82) is 5.26 Å². The van der Waals surface area contributed by atoms with Crippen molar-refractivity contribution < 1.29 is 24.3 Å². The summed E-state index contributed by atoms with van der Waals surface area (Å²) < 4.78 is 0. The highest BCUT2D eigenvalue weighted by Gasteiger charge is 2.56. The van der Waals surface area contributed by atoms with Crippen molar-refractivity contribution >= 4 is 23.6 Å². The average molecular weight is 348 g/mol. The second kappa shape index (κ2) is 6.93. The zero-order valence-electron chi connectivity index (χ0n) is 13.9. The lowest BCUT2D eigenvalue weighted by Gasteiger charge is -2.49. The summed E-state index contributed by atoms with van der Waals surface area (Å²) >= 11 is 0. The standard InChI is InChI=1S/C16H20N4O5/c1-9(21)10(8-17)11(18)6-13(22)19-12-7-14(23)20(12)16(15(24)25)4-2-3-5-16/h12H,2-7,18H2,1H3,(H,19,22)(H,24,25)/b11-10-. The molecule has 4 N–H and O–H groups in total. The Morgan fingerprint density at radius 1 is 1.40 bits per heavy atom. The van der Waals surface area contributed by atoms with Crippen molar-refractivity contribution in [2.75, 3.05) is 0 Å². The lowest BCUT2D eigenvalue weighted by atomic mass is 9.89. The lowest BCUT2D eigenvalue weighted by Crippen LogP contribution is -2.71. The molecule has 134 valence electrons. The predicted molar refractivity (Wildman–Crippen MR) is 84.4 cm³/mol. The first-order chi connectivity index (χ1) is 11.7. The largest absolute Gasteiger partial charge is 0.479 e. The van der Waals surface area contributed by atoms with Crippen LogP contribution in [-0.4, -0.2) is 45.3 Å². The van der Waals surface area contributed by atoms with Crippen LogP contribution in [0.15, 0.2) is 11.3 Å². The van der Waals surface area contributed by atoms with Gasteiger partial charge in [0.25, 0.3) is 0 Å². The van der Waals surface area contributed by atoms with E-state index in [4.69, 9.17) is 11.0 Å². The van der Waals surface area contributed by atoms with E-state index in [1.54, 1.807) is 6.07 Å². The summed E-state index contributed by atoms with van der Waals surface area (Å²) in [5.74, 6) is -2.50. The Bertz CT molecular complexity index is 700. The van der Waals surface area contributed by atoms with Gasteiger partial charge in [0.15, 0.2) is 5.78 Å². The summed E-state index contributed by atoms with van der Waals surface area (Å²) in [5.41, 5.74) is 3.92. The van der Waals surface area contributed by atoms with E-state index in [1.807, 2.05) is 0 Å². The molecule has 9 heteroatoms. The number of carboxylic acids is 1. The van der Waals surface area contributed by atoms with Crippen molar-refractivity contribution in [3.05, 3.63) is 11.3 Å². The van der Waals surface area contributed by atoms with Gasteiger partial charge in [-0.3, -0.25) is 14.4 Å². The third kappa shape index (κ3) is 3.33. The number of hydrogen-bond donors (Lipinski definition) is 3. The highest BCUT2D eigenvalue weighted by molar-refractivity contribution is 5.99. The summed E-state index contributed by atoms with van der Waals surface area (Å²) in [7, 11) is 0. The van der Waals surface area contributed by atoms with Gasteiger partial charge in [-0.1, -0.05) is 12.8 Å². The fraction of sp³-hybridized carbons (Fsp3) is 0.562. The molecule has 0 spiro atoms. The van der Waals surface area contributed by atoms with Gasteiger partial charge in [0, 0.05) is 5.70 Å². The molecule has 1 heterocycles. The van der Waals surface area contributed by atoms with Gasteiger partial charge in [0.2, 0.25) is 11.8 Å². The number of nitrogens with one attached hydrogen (secondary N) is 1. The molecule has 0 aromatic carbocycles. The van der Waals surface area contributed by atoms with Crippen LogP contribution >= 0.6 is 0 Å². The number of nitriles is 1. The maximum Gasteiger partial charge on any atom is 0.329 e. The second-order valence-electron chi connectivity index (χ2n) is 6.34. The van der Waals surface area contributed by atoms with Crippen molar-refractivity contribution in [3.8, 4) is 6.07 Å². The predicted octanol–water partition coefficient (Wildman–Crippen LogP) is -0.226. The highest BCUT2D eigenvalue weighted by Crippen LogP contribution is 2.40. The quantitative estimate of drug-likeness (QED) is 0.340. The van der Waals surface area contributed by atoms with Crippen LogP contribution in [-0.2, 0) is 19.2 Å². The van der Waals surface area contributed by atoms with Gasteiger partial charge in [-0.2, -0.15) is 5.26 Å². The second-order valence-corrected chi connectivity index (χ2v) is 6.34. The summed E-state index contributed by atoms with van der Waals surface area (Å²) in [6, 6.07) is 1.65. The molecule has 1 saturated heterocycles. The molecular weight excluding hydrogens is 328 g/mol. The Labute approximate surface area is 144 Å². The summed E-state index contributed by atoms with van der Waals surface area (Å²) in [5, 5.41) is 21.0. The molecule has 2 fully saturated rings. The zero-order chi connectivity index (χ0) is 18.8. The van der Waals surface area contributed by atoms with E-state index < -0.39 is 29.4 Å². The van der Waals surface area contributed by atoms with E-state index in [9.17, 15) is 24.3 Å². The van der Waals surface area contributed by atoms with Crippen LogP contribution in [0.25, 0.3) is 0 Å². The number of carbonyl (C=O) groups excluding carboxylic acids is 3. The van der Waals surface area contributed by atoms with E-state index >= 15 is 0 Å². The topological polar surface area (TPSA) is 154 Å². The Kier molecular flexibility index (Phi) is 5.11. The van der Waals surface area contributed by atoms with Crippen molar-refractivity contribution in [3.63, 3.8) is 0 Å². The van der Waals surface area contributed by atoms with Gasteiger partial charge in [-0.15, -0.1) is 0 Å². The fourth-order valence-electron chi connectivity index (χ4n) is 3.46. The summed E-state index contributed by atoms with van der Waals surface area (Å²) in [4.78, 5) is 48.3. The normalized spacial score (nSPS) is 22.5. The van der Waals surface area contributed by atoms with Crippen LogP contribution < -0.4 is 11.1 Å². The van der Waals surface area contributed by atoms with Crippen LogP contribution in [0, 0.1) is 11.3 Å². The number of β-lactam (4-membered cyclic amide) rings is 1. The molecule has 1 unspecified atom stereocenters. The number of amides is 2. The van der Waals surface area contributed by atoms with Gasteiger partial charge >= 0.3 is 5.97 Å². The van der Waals surface area contributed by atoms with Crippen LogP contribution in [0.2, 0.25) is 0 Å². The number of nitrogens with zero attached hydrogens (tertiary/aromatic N) is 2. The third-order valence-electron chi connectivity index (χ3n) is 4.70. The van der Waals surface area contributed by atoms with Crippen molar-refractivity contribution in [1.82, 2.24) is 10.2 Å². The van der Waals surface area contributed by atoms with Crippen LogP contribution in [0.3, 0.4) is 0 Å². The Morgan fingerprint density at radius 3 is 2.44 bits per heavy atom. The van der Waals surface area contributed by atoms with E-state index in [1.165, 1.54) is 11.8 Å². The lowest BCUT2D eigenvalue weighted by molar-refractivity contribution is -0.175. The Balaban J connectivity index is 2.09. The molecule has 1 saturated carbocycles. The average Bonchev–Trinajstić information content (AvgIpc) is 2.96. The highest BCUT2D eigenvalue weighted by atomic mass is 16.4. The first kappa shape index (κ1) is 18.4. The fourth-order valence-corrected chi connectivity index (χ4v) is 3.46. The smallest absolute Gasteiger partial charge is 0.329 e. The minimum atomic E-state index is -1.27. The van der Waals surface area contributed by atoms with Gasteiger partial charge in [0.1, 0.15) is 23.3 Å². The molecule has 0 radical (unpaired) electrons. The van der Waals surface area contributed by atoms with E-state index in [0.717, 1.165) is 0 Å². The molecule has 0 aromatic heterocycles. The first-order valence-electron chi connectivity index (χ1n) is 7.97. The molecular formula is C16H20N4O5. The number of likely N-dealkylation sites (tertiary alicyclic amines) is 1. The minimum absolute atomic E-state index is 0.0161. The number of allylic oxidation sites excluding steroid dienone is 1. The van der Waals surface area contributed by atoms with Gasteiger partial charge < -0.3 is 21.1 Å². The van der Waals surface area contributed by atoms with Gasteiger partial charge in [-0.25, -0.2) is 4.79 Å². The van der Waals surface area contributed by atoms with Crippen LogP contribution in [0.1, 0.15) is 45.4 Å². The monoisotopic (exact) mass is 348 g/mol. The summed E-state index contributed by atoms with van der Waals surface area (Å²) in [6.07, 6.45) is 1.04. The number of aliphatic carboxylic acids is 1. The van der Waals surface area contributed by atoms with E-state index in [2.05, 4.69) is 5.32 Å². The molecule has 2 aliphatic rings. The number of carbonyl (C=O) groups is 4. The van der Waals surface area contributed by atoms with Crippen molar-refractivity contribution in [2.24, 2.45) is 5.73 Å². The summed E-state index contributed by atoms with van der Waals surface area (Å²) in [6.45, 7) is 1.17. The molecule has 0 aromatic rings. The maximum atomic E-state index is 12.1.